The van der Waals surface area contributed by atoms with Crippen LogP contribution in [0.1, 0.15) is 70.2 Å². The lowest BCUT2D eigenvalue weighted by Gasteiger charge is -2.17. The number of aliphatic imine (C=N–C) groups is 1. The maximum Gasteiger partial charge on any atom is 0.191 e. The predicted octanol–water partition coefficient (Wildman–Crippen LogP) is 3.41. The molecule has 1 aromatic rings. The van der Waals surface area contributed by atoms with Crippen molar-refractivity contribution in [2.45, 2.75) is 71.4 Å². The van der Waals surface area contributed by atoms with Crippen LogP contribution >= 0.6 is 24.0 Å². The third kappa shape index (κ3) is 6.77. The highest BCUT2D eigenvalue weighted by atomic mass is 127. The molecule has 0 amide bonds. The van der Waals surface area contributed by atoms with E-state index >= 15 is 0 Å². The first-order chi connectivity index (χ1) is 11.7. The summed E-state index contributed by atoms with van der Waals surface area (Å²) >= 11 is 0. The number of hydrogen-bond donors (Lipinski definition) is 3. The van der Waals surface area contributed by atoms with Crippen molar-refractivity contribution in [1.29, 1.82) is 0 Å². The van der Waals surface area contributed by atoms with Crippen LogP contribution < -0.4 is 10.6 Å². The summed E-state index contributed by atoms with van der Waals surface area (Å²) < 4.78 is 5.42. The van der Waals surface area contributed by atoms with Crippen LogP contribution in [-0.2, 0) is 6.54 Å². The van der Waals surface area contributed by atoms with Crippen LogP contribution in [-0.4, -0.2) is 35.4 Å². The van der Waals surface area contributed by atoms with Gasteiger partial charge in [0.25, 0.3) is 0 Å². The Labute approximate surface area is 168 Å². The van der Waals surface area contributed by atoms with Gasteiger partial charge in [0.2, 0.25) is 0 Å². The standard InChI is InChI=1S/C18H32N4O2.HI/c1-4-13(5-2)16-10-15(24-22-16)12-21-18(19-6-3)20-11-14-8-7-9-17(14)23;/h10,13-14,17,23H,4-9,11-12H2,1-3H3,(H2,19,20,21);1H. The molecule has 0 radical (unpaired) electrons. The molecule has 1 aromatic heterocycles. The first-order valence-electron chi connectivity index (χ1n) is 9.33. The second kappa shape index (κ2) is 11.7. The van der Waals surface area contributed by atoms with E-state index in [2.05, 4.69) is 34.6 Å². The van der Waals surface area contributed by atoms with E-state index in [4.69, 9.17) is 4.52 Å². The summed E-state index contributed by atoms with van der Waals surface area (Å²) in [7, 11) is 0. The minimum atomic E-state index is -0.183. The Morgan fingerprint density at radius 1 is 1.32 bits per heavy atom. The maximum atomic E-state index is 9.92. The first kappa shape index (κ1) is 22.2. The number of guanidine groups is 1. The van der Waals surface area contributed by atoms with E-state index in [0.29, 0.717) is 18.4 Å². The molecule has 1 aliphatic rings. The van der Waals surface area contributed by atoms with E-state index in [9.17, 15) is 5.11 Å². The molecule has 0 aliphatic heterocycles. The fourth-order valence-corrected chi connectivity index (χ4v) is 3.28. The lowest BCUT2D eigenvalue weighted by atomic mass is 9.99. The molecule has 1 fully saturated rings. The topological polar surface area (TPSA) is 82.7 Å². The van der Waals surface area contributed by atoms with E-state index in [-0.39, 0.29) is 30.1 Å². The molecule has 1 aliphatic carbocycles. The summed E-state index contributed by atoms with van der Waals surface area (Å²) in [6.45, 7) is 8.41. The van der Waals surface area contributed by atoms with E-state index in [1.54, 1.807) is 0 Å². The second-order valence-corrected chi connectivity index (χ2v) is 6.57. The van der Waals surface area contributed by atoms with Crippen LogP contribution in [0.3, 0.4) is 0 Å². The predicted molar refractivity (Wildman–Crippen MR) is 111 cm³/mol. The molecule has 2 rings (SSSR count). The highest BCUT2D eigenvalue weighted by Gasteiger charge is 2.25. The number of aliphatic hydroxyl groups is 1. The molecule has 3 N–H and O–H groups in total. The van der Waals surface area contributed by atoms with Crippen molar-refractivity contribution < 1.29 is 9.63 Å². The molecule has 7 heteroatoms. The molecule has 0 aromatic carbocycles. The summed E-state index contributed by atoms with van der Waals surface area (Å²) in [5.41, 5.74) is 1.03. The zero-order valence-corrected chi connectivity index (χ0v) is 18.0. The van der Waals surface area contributed by atoms with Crippen molar-refractivity contribution in [2.75, 3.05) is 13.1 Å². The quantitative estimate of drug-likeness (QED) is 0.312. The fraction of sp³-hybridized carbons (Fsp3) is 0.778. The Morgan fingerprint density at radius 3 is 2.68 bits per heavy atom. The van der Waals surface area contributed by atoms with Crippen molar-refractivity contribution in [3.8, 4) is 0 Å². The number of aliphatic hydroxyl groups excluding tert-OH is 1. The van der Waals surface area contributed by atoms with Gasteiger partial charge in [-0.1, -0.05) is 25.4 Å². The van der Waals surface area contributed by atoms with Crippen molar-refractivity contribution in [3.63, 3.8) is 0 Å². The molecule has 0 saturated heterocycles. The van der Waals surface area contributed by atoms with E-state index in [1.807, 2.05) is 13.0 Å². The van der Waals surface area contributed by atoms with E-state index in [0.717, 1.165) is 62.6 Å². The molecule has 0 spiro atoms. The van der Waals surface area contributed by atoms with Crippen LogP contribution in [0.15, 0.2) is 15.6 Å². The van der Waals surface area contributed by atoms with Crippen molar-refractivity contribution >= 4 is 29.9 Å². The lowest BCUT2D eigenvalue weighted by molar-refractivity contribution is 0.134. The molecule has 6 nitrogen and oxygen atoms in total. The highest BCUT2D eigenvalue weighted by molar-refractivity contribution is 14.0. The van der Waals surface area contributed by atoms with Crippen LogP contribution in [0.2, 0.25) is 0 Å². The molecule has 0 bridgehead atoms. The minimum absolute atomic E-state index is 0. The Morgan fingerprint density at radius 2 is 2.08 bits per heavy atom. The molecular formula is C18H33IN4O2. The third-order valence-corrected chi connectivity index (χ3v) is 4.87. The van der Waals surface area contributed by atoms with Crippen molar-refractivity contribution in [2.24, 2.45) is 10.9 Å². The van der Waals surface area contributed by atoms with E-state index < -0.39 is 0 Å². The number of rotatable bonds is 8. The minimum Gasteiger partial charge on any atom is -0.393 e. The Balaban J connectivity index is 0.00000312. The zero-order chi connectivity index (χ0) is 17.4. The van der Waals surface area contributed by atoms with E-state index in [1.165, 1.54) is 0 Å². The van der Waals surface area contributed by atoms with Gasteiger partial charge in [-0.05, 0) is 32.6 Å². The van der Waals surface area contributed by atoms with Gasteiger partial charge in [-0.15, -0.1) is 24.0 Å². The van der Waals surface area contributed by atoms with Gasteiger partial charge in [0.1, 0.15) is 6.54 Å². The summed E-state index contributed by atoms with van der Waals surface area (Å²) in [5.74, 6) is 2.33. The zero-order valence-electron chi connectivity index (χ0n) is 15.6. The average molecular weight is 464 g/mol. The van der Waals surface area contributed by atoms with Gasteiger partial charge in [0, 0.05) is 31.0 Å². The molecular weight excluding hydrogens is 431 g/mol. The fourth-order valence-electron chi connectivity index (χ4n) is 3.28. The summed E-state index contributed by atoms with van der Waals surface area (Å²) in [6, 6.07) is 2.02. The van der Waals surface area contributed by atoms with Crippen LogP contribution in [0.4, 0.5) is 0 Å². The van der Waals surface area contributed by atoms with Crippen molar-refractivity contribution in [3.05, 3.63) is 17.5 Å². The number of nitrogens with zero attached hydrogens (tertiary/aromatic N) is 2. The number of aromatic nitrogens is 1. The van der Waals surface area contributed by atoms with Crippen LogP contribution in [0.25, 0.3) is 0 Å². The summed E-state index contributed by atoms with van der Waals surface area (Å²) in [4.78, 5) is 4.57. The molecule has 2 unspecified atom stereocenters. The number of halogens is 1. The molecule has 1 heterocycles. The molecule has 144 valence electrons. The number of nitrogens with one attached hydrogen (secondary N) is 2. The average Bonchev–Trinajstić information content (AvgIpc) is 3.21. The van der Waals surface area contributed by atoms with Crippen LogP contribution in [0.5, 0.6) is 0 Å². The maximum absolute atomic E-state index is 9.92. The van der Waals surface area contributed by atoms with Gasteiger partial charge < -0.3 is 20.3 Å². The van der Waals surface area contributed by atoms with Gasteiger partial charge >= 0.3 is 0 Å². The lowest BCUT2D eigenvalue weighted by Crippen LogP contribution is -2.41. The van der Waals surface area contributed by atoms with Gasteiger partial charge in [-0.2, -0.15) is 0 Å². The van der Waals surface area contributed by atoms with Gasteiger partial charge in [-0.3, -0.25) is 0 Å². The normalized spacial score (nSPS) is 20.6. The highest BCUT2D eigenvalue weighted by Crippen LogP contribution is 2.24. The molecule has 2 atom stereocenters. The second-order valence-electron chi connectivity index (χ2n) is 6.57. The summed E-state index contributed by atoms with van der Waals surface area (Å²) in [6.07, 6.45) is 5.06. The van der Waals surface area contributed by atoms with Crippen LogP contribution in [0, 0.1) is 5.92 Å². The largest absolute Gasteiger partial charge is 0.393 e. The Kier molecular flexibility index (Phi) is 10.4. The Hall–Kier alpha value is -0.830. The molecule has 25 heavy (non-hydrogen) atoms. The monoisotopic (exact) mass is 464 g/mol. The molecule has 1 saturated carbocycles. The number of hydrogen-bond acceptors (Lipinski definition) is 4. The Bertz CT molecular complexity index is 517. The van der Waals surface area contributed by atoms with Gasteiger partial charge in [0.05, 0.1) is 11.8 Å². The first-order valence-corrected chi connectivity index (χ1v) is 9.33. The van der Waals surface area contributed by atoms with Crippen molar-refractivity contribution in [1.82, 2.24) is 15.8 Å². The van der Waals surface area contributed by atoms with Gasteiger partial charge in [0.15, 0.2) is 11.7 Å². The third-order valence-electron chi connectivity index (χ3n) is 4.87. The smallest absolute Gasteiger partial charge is 0.191 e. The van der Waals surface area contributed by atoms with Gasteiger partial charge in [-0.25, -0.2) is 4.99 Å². The summed E-state index contributed by atoms with van der Waals surface area (Å²) in [5, 5.41) is 20.7. The SMILES string of the molecule is CCNC(=NCc1cc(C(CC)CC)no1)NCC1CCCC1O.I.